The lowest BCUT2D eigenvalue weighted by Gasteiger charge is -2.12. The van der Waals surface area contributed by atoms with Gasteiger partial charge in [0.25, 0.3) is 5.91 Å². The number of hydrogen-bond acceptors (Lipinski definition) is 4. The van der Waals surface area contributed by atoms with Crippen LogP contribution in [-0.2, 0) is 17.8 Å². The van der Waals surface area contributed by atoms with Crippen molar-refractivity contribution in [1.29, 1.82) is 0 Å². The van der Waals surface area contributed by atoms with Crippen LogP contribution in [0.3, 0.4) is 0 Å². The van der Waals surface area contributed by atoms with Gasteiger partial charge in [0.2, 0.25) is 5.91 Å². The summed E-state index contributed by atoms with van der Waals surface area (Å²) in [6, 6.07) is 18.4. The number of nitrogens with one attached hydrogen (secondary N) is 3. The Bertz CT molecular complexity index is 918. The Morgan fingerprint density at radius 1 is 0.964 bits per heavy atom. The van der Waals surface area contributed by atoms with Crippen LogP contribution in [0.5, 0.6) is 0 Å². The lowest BCUT2D eigenvalue weighted by atomic mass is 10.1. The van der Waals surface area contributed by atoms with Gasteiger partial charge >= 0.3 is 0 Å². The third-order valence-electron chi connectivity index (χ3n) is 4.26. The Morgan fingerprint density at radius 3 is 2.46 bits per heavy atom. The molecule has 0 unspecified atom stereocenters. The first-order valence-electron chi connectivity index (χ1n) is 9.18. The molecular weight excluding hydrogens is 354 g/mol. The Hall–Kier alpha value is -3.54. The third kappa shape index (κ3) is 5.23. The largest absolute Gasteiger partial charge is 0.467 e. The van der Waals surface area contributed by atoms with Gasteiger partial charge in [-0.3, -0.25) is 9.59 Å². The van der Waals surface area contributed by atoms with Crippen LogP contribution in [0.15, 0.2) is 71.3 Å². The molecule has 0 spiro atoms. The van der Waals surface area contributed by atoms with E-state index in [4.69, 9.17) is 4.42 Å². The Kier molecular flexibility index (Phi) is 6.46. The molecule has 1 aromatic heterocycles. The summed E-state index contributed by atoms with van der Waals surface area (Å²) in [6.45, 7) is 2.44. The summed E-state index contributed by atoms with van der Waals surface area (Å²) in [5.74, 6) is 0.248. The molecule has 0 aliphatic rings. The lowest BCUT2D eigenvalue weighted by Crippen LogP contribution is -2.26. The van der Waals surface area contributed by atoms with Gasteiger partial charge in [0.05, 0.1) is 24.9 Å². The summed E-state index contributed by atoms with van der Waals surface area (Å²) in [5, 5.41) is 8.68. The SMILES string of the molecule is CCc1ccc(NC(=O)CNc2ccccc2C(=O)NCc2ccco2)cc1. The van der Waals surface area contributed by atoms with Gasteiger partial charge in [-0.2, -0.15) is 0 Å². The summed E-state index contributed by atoms with van der Waals surface area (Å²) in [5.41, 5.74) is 3.02. The molecular formula is C22H23N3O3. The molecule has 0 aliphatic heterocycles. The quantitative estimate of drug-likeness (QED) is 0.557. The highest BCUT2D eigenvalue weighted by atomic mass is 16.3. The minimum Gasteiger partial charge on any atom is -0.467 e. The van der Waals surface area contributed by atoms with Crippen molar-refractivity contribution in [2.75, 3.05) is 17.2 Å². The zero-order valence-electron chi connectivity index (χ0n) is 15.7. The van der Waals surface area contributed by atoms with Gasteiger partial charge in [-0.1, -0.05) is 31.2 Å². The molecule has 0 saturated heterocycles. The van der Waals surface area contributed by atoms with E-state index >= 15 is 0 Å². The molecule has 144 valence electrons. The number of amides is 2. The Labute approximate surface area is 164 Å². The molecule has 0 atom stereocenters. The minimum absolute atomic E-state index is 0.0536. The topological polar surface area (TPSA) is 83.4 Å². The van der Waals surface area contributed by atoms with Crippen molar-refractivity contribution in [2.45, 2.75) is 19.9 Å². The van der Waals surface area contributed by atoms with Crippen LogP contribution >= 0.6 is 0 Å². The van der Waals surface area contributed by atoms with Gasteiger partial charge in [-0.05, 0) is 48.4 Å². The second-order valence-electron chi connectivity index (χ2n) is 6.26. The highest BCUT2D eigenvalue weighted by molar-refractivity contribution is 6.00. The van der Waals surface area contributed by atoms with Crippen LogP contribution in [0, 0.1) is 0 Å². The van der Waals surface area contributed by atoms with Gasteiger partial charge in [0.1, 0.15) is 5.76 Å². The maximum atomic E-state index is 12.5. The first kappa shape index (κ1) is 19.2. The monoisotopic (exact) mass is 377 g/mol. The number of aryl methyl sites for hydroxylation is 1. The normalized spacial score (nSPS) is 10.3. The first-order valence-corrected chi connectivity index (χ1v) is 9.18. The molecule has 3 N–H and O–H groups in total. The highest BCUT2D eigenvalue weighted by Crippen LogP contribution is 2.15. The smallest absolute Gasteiger partial charge is 0.253 e. The van der Waals surface area contributed by atoms with Crippen LogP contribution in [0.4, 0.5) is 11.4 Å². The van der Waals surface area contributed by atoms with Crippen molar-refractivity contribution in [3.63, 3.8) is 0 Å². The molecule has 6 heteroatoms. The van der Waals surface area contributed by atoms with Crippen LogP contribution in [0.25, 0.3) is 0 Å². The number of carbonyl (C=O) groups is 2. The number of furan rings is 1. The number of rotatable bonds is 8. The minimum atomic E-state index is -0.241. The summed E-state index contributed by atoms with van der Waals surface area (Å²) >= 11 is 0. The van der Waals surface area contributed by atoms with Crippen LogP contribution in [0.2, 0.25) is 0 Å². The lowest BCUT2D eigenvalue weighted by molar-refractivity contribution is -0.114. The molecule has 0 radical (unpaired) electrons. The average molecular weight is 377 g/mol. The fourth-order valence-electron chi connectivity index (χ4n) is 2.72. The number of benzene rings is 2. The molecule has 3 aromatic rings. The summed E-state index contributed by atoms with van der Waals surface area (Å²) in [6.07, 6.45) is 2.51. The maximum Gasteiger partial charge on any atom is 0.253 e. The molecule has 0 saturated carbocycles. The Balaban J connectivity index is 1.56. The second-order valence-corrected chi connectivity index (χ2v) is 6.26. The van der Waals surface area contributed by atoms with E-state index in [1.54, 1.807) is 36.6 Å². The summed E-state index contributed by atoms with van der Waals surface area (Å²) in [7, 11) is 0. The van der Waals surface area contributed by atoms with Gasteiger partial charge in [0.15, 0.2) is 0 Å². The molecule has 0 bridgehead atoms. The number of anilines is 2. The van der Waals surface area contributed by atoms with Crippen molar-refractivity contribution in [3.8, 4) is 0 Å². The van der Waals surface area contributed by atoms with Gasteiger partial charge in [-0.15, -0.1) is 0 Å². The van der Waals surface area contributed by atoms with E-state index in [0.29, 0.717) is 23.6 Å². The standard InChI is InChI=1S/C22H23N3O3/c1-2-16-9-11-17(12-10-16)25-21(26)15-23-20-8-4-3-7-19(20)22(27)24-14-18-6-5-13-28-18/h3-13,23H,2,14-15H2,1H3,(H,24,27)(H,25,26). The molecule has 28 heavy (non-hydrogen) atoms. The van der Waals surface area contributed by atoms with E-state index in [1.807, 2.05) is 30.3 Å². The molecule has 2 aromatic carbocycles. The molecule has 0 aliphatic carbocycles. The van der Waals surface area contributed by atoms with Crippen LogP contribution in [-0.4, -0.2) is 18.4 Å². The number of para-hydroxylation sites is 1. The van der Waals surface area contributed by atoms with E-state index in [2.05, 4.69) is 22.9 Å². The van der Waals surface area contributed by atoms with Crippen molar-refractivity contribution in [1.82, 2.24) is 5.32 Å². The summed E-state index contributed by atoms with van der Waals surface area (Å²) in [4.78, 5) is 24.7. The van der Waals surface area contributed by atoms with Crippen molar-refractivity contribution in [3.05, 3.63) is 83.8 Å². The second kappa shape index (κ2) is 9.41. The number of carbonyl (C=O) groups excluding carboxylic acids is 2. The van der Waals surface area contributed by atoms with Crippen LogP contribution in [0.1, 0.15) is 28.6 Å². The Morgan fingerprint density at radius 2 is 1.75 bits per heavy atom. The predicted octanol–water partition coefficient (Wildman–Crippen LogP) is 3.82. The maximum absolute atomic E-state index is 12.5. The van der Waals surface area contributed by atoms with E-state index in [-0.39, 0.29) is 18.4 Å². The molecule has 2 amide bonds. The van der Waals surface area contributed by atoms with E-state index in [1.165, 1.54) is 5.56 Å². The number of hydrogen-bond donors (Lipinski definition) is 3. The average Bonchev–Trinajstić information content (AvgIpc) is 3.25. The molecule has 1 heterocycles. The molecule has 3 rings (SSSR count). The fourth-order valence-corrected chi connectivity index (χ4v) is 2.72. The zero-order valence-corrected chi connectivity index (χ0v) is 15.7. The van der Waals surface area contributed by atoms with E-state index in [0.717, 1.165) is 12.1 Å². The van der Waals surface area contributed by atoms with Crippen molar-refractivity contribution >= 4 is 23.2 Å². The van der Waals surface area contributed by atoms with Gasteiger partial charge < -0.3 is 20.4 Å². The van der Waals surface area contributed by atoms with Crippen molar-refractivity contribution < 1.29 is 14.0 Å². The highest BCUT2D eigenvalue weighted by Gasteiger charge is 2.12. The van der Waals surface area contributed by atoms with Crippen LogP contribution < -0.4 is 16.0 Å². The summed E-state index contributed by atoms with van der Waals surface area (Å²) < 4.78 is 5.22. The van der Waals surface area contributed by atoms with Gasteiger partial charge in [-0.25, -0.2) is 0 Å². The van der Waals surface area contributed by atoms with E-state index in [9.17, 15) is 9.59 Å². The van der Waals surface area contributed by atoms with Gasteiger partial charge in [0, 0.05) is 11.4 Å². The van der Waals surface area contributed by atoms with Crippen molar-refractivity contribution in [2.24, 2.45) is 0 Å². The first-order chi connectivity index (χ1) is 13.7. The predicted molar refractivity (Wildman–Crippen MR) is 109 cm³/mol. The molecule has 6 nitrogen and oxygen atoms in total. The fraction of sp³-hybridized carbons (Fsp3) is 0.182. The van der Waals surface area contributed by atoms with E-state index < -0.39 is 0 Å². The third-order valence-corrected chi connectivity index (χ3v) is 4.26. The molecule has 0 fully saturated rings. The zero-order chi connectivity index (χ0) is 19.8.